The van der Waals surface area contributed by atoms with Gasteiger partial charge < -0.3 is 5.32 Å². The molecule has 0 spiro atoms. The highest BCUT2D eigenvalue weighted by Gasteiger charge is 2.13. The molecular formula is C14H19NS. The van der Waals surface area contributed by atoms with Crippen molar-refractivity contribution in [2.75, 3.05) is 6.54 Å². The Kier molecular flexibility index (Phi) is 3.31. The van der Waals surface area contributed by atoms with Gasteiger partial charge in [-0.1, -0.05) is 24.6 Å². The van der Waals surface area contributed by atoms with Gasteiger partial charge in [0.15, 0.2) is 0 Å². The van der Waals surface area contributed by atoms with Crippen LogP contribution in [0.4, 0.5) is 0 Å². The number of rotatable bonds is 3. The number of thiophene rings is 1. The zero-order valence-corrected chi connectivity index (χ0v) is 11.2. The number of hydrogen-bond donors (Lipinski definition) is 1. The van der Waals surface area contributed by atoms with E-state index < -0.39 is 0 Å². The van der Waals surface area contributed by atoms with Gasteiger partial charge in [0.25, 0.3) is 0 Å². The van der Waals surface area contributed by atoms with Gasteiger partial charge in [-0.25, -0.2) is 0 Å². The quantitative estimate of drug-likeness (QED) is 0.838. The standard InChI is InChI=1S/C14H19NS/c1-5-15-11(4)14-10(3)12-8-9(2)6-7-13(12)16-14/h6-8,11,15H,5H2,1-4H3. The summed E-state index contributed by atoms with van der Waals surface area (Å²) in [6.45, 7) is 9.82. The van der Waals surface area contributed by atoms with Crippen LogP contribution in [0, 0.1) is 13.8 Å². The Morgan fingerprint density at radius 3 is 2.75 bits per heavy atom. The van der Waals surface area contributed by atoms with Crippen molar-refractivity contribution in [1.82, 2.24) is 5.32 Å². The van der Waals surface area contributed by atoms with Crippen LogP contribution in [0.2, 0.25) is 0 Å². The second-order valence-electron chi connectivity index (χ2n) is 4.37. The highest BCUT2D eigenvalue weighted by molar-refractivity contribution is 7.19. The number of hydrogen-bond acceptors (Lipinski definition) is 2. The van der Waals surface area contributed by atoms with Crippen LogP contribution in [-0.2, 0) is 0 Å². The summed E-state index contributed by atoms with van der Waals surface area (Å²) < 4.78 is 1.41. The fourth-order valence-electron chi connectivity index (χ4n) is 2.17. The first kappa shape index (κ1) is 11.6. The summed E-state index contributed by atoms with van der Waals surface area (Å²) in [5.74, 6) is 0. The molecular weight excluding hydrogens is 214 g/mol. The molecule has 1 nitrogen and oxygen atoms in total. The number of aryl methyl sites for hydroxylation is 2. The first-order valence-electron chi connectivity index (χ1n) is 5.86. The van der Waals surface area contributed by atoms with E-state index in [-0.39, 0.29) is 0 Å². The Balaban J connectivity index is 2.51. The summed E-state index contributed by atoms with van der Waals surface area (Å²) in [7, 11) is 0. The van der Waals surface area contributed by atoms with Crippen molar-refractivity contribution in [3.05, 3.63) is 34.2 Å². The summed E-state index contributed by atoms with van der Waals surface area (Å²) in [6.07, 6.45) is 0. The van der Waals surface area contributed by atoms with E-state index in [0.29, 0.717) is 6.04 Å². The monoisotopic (exact) mass is 233 g/mol. The molecule has 0 fully saturated rings. The molecule has 0 aliphatic rings. The van der Waals surface area contributed by atoms with E-state index in [1.54, 1.807) is 0 Å². The zero-order chi connectivity index (χ0) is 11.7. The minimum absolute atomic E-state index is 0.461. The molecule has 0 aliphatic heterocycles. The molecule has 2 rings (SSSR count). The maximum absolute atomic E-state index is 3.49. The first-order valence-corrected chi connectivity index (χ1v) is 6.68. The van der Waals surface area contributed by atoms with Gasteiger partial charge >= 0.3 is 0 Å². The number of fused-ring (bicyclic) bond motifs is 1. The van der Waals surface area contributed by atoms with Gasteiger partial charge in [-0.15, -0.1) is 11.3 Å². The SMILES string of the molecule is CCNC(C)c1sc2ccc(C)cc2c1C. The first-order chi connectivity index (χ1) is 7.63. The number of benzene rings is 1. The summed E-state index contributed by atoms with van der Waals surface area (Å²) in [5, 5.41) is 4.91. The van der Waals surface area contributed by atoms with Crippen LogP contribution < -0.4 is 5.32 Å². The summed E-state index contributed by atoms with van der Waals surface area (Å²) in [4.78, 5) is 1.47. The van der Waals surface area contributed by atoms with Crippen LogP contribution >= 0.6 is 11.3 Å². The molecule has 2 heteroatoms. The summed E-state index contributed by atoms with van der Waals surface area (Å²) in [5.41, 5.74) is 2.79. The zero-order valence-electron chi connectivity index (χ0n) is 10.4. The van der Waals surface area contributed by atoms with Crippen molar-refractivity contribution in [2.45, 2.75) is 33.7 Å². The topological polar surface area (TPSA) is 12.0 Å². The molecule has 0 amide bonds. The van der Waals surface area contributed by atoms with Crippen molar-refractivity contribution < 1.29 is 0 Å². The van der Waals surface area contributed by atoms with Crippen LogP contribution in [0.25, 0.3) is 10.1 Å². The second kappa shape index (κ2) is 4.56. The van der Waals surface area contributed by atoms with Gasteiger partial charge in [0.1, 0.15) is 0 Å². The van der Waals surface area contributed by atoms with Crippen LogP contribution in [0.5, 0.6) is 0 Å². The van der Waals surface area contributed by atoms with Crippen LogP contribution in [0.1, 0.15) is 35.9 Å². The predicted octanol–water partition coefficient (Wildman–Crippen LogP) is 4.19. The lowest BCUT2D eigenvalue weighted by Gasteiger charge is -2.11. The summed E-state index contributed by atoms with van der Waals surface area (Å²) >= 11 is 1.92. The van der Waals surface area contributed by atoms with E-state index in [4.69, 9.17) is 0 Å². The van der Waals surface area contributed by atoms with E-state index >= 15 is 0 Å². The molecule has 0 aliphatic carbocycles. The van der Waals surface area contributed by atoms with Gasteiger partial charge in [-0.05, 0) is 44.3 Å². The van der Waals surface area contributed by atoms with E-state index in [2.05, 4.69) is 51.2 Å². The number of nitrogens with one attached hydrogen (secondary N) is 1. The molecule has 0 radical (unpaired) electrons. The maximum Gasteiger partial charge on any atom is 0.0389 e. The maximum atomic E-state index is 3.49. The largest absolute Gasteiger partial charge is 0.310 e. The normalized spacial score (nSPS) is 13.2. The predicted molar refractivity (Wildman–Crippen MR) is 73.4 cm³/mol. The van der Waals surface area contributed by atoms with Gasteiger partial charge in [-0.3, -0.25) is 0 Å². The molecule has 1 aromatic heterocycles. The van der Waals surface area contributed by atoms with Gasteiger partial charge in [0.2, 0.25) is 0 Å². The average Bonchev–Trinajstić information content (AvgIpc) is 2.57. The minimum Gasteiger partial charge on any atom is -0.310 e. The minimum atomic E-state index is 0.461. The lowest BCUT2D eigenvalue weighted by Crippen LogP contribution is -2.17. The molecule has 1 N–H and O–H groups in total. The van der Waals surface area contributed by atoms with E-state index in [9.17, 15) is 0 Å². The fraction of sp³-hybridized carbons (Fsp3) is 0.429. The van der Waals surface area contributed by atoms with Crippen molar-refractivity contribution in [3.63, 3.8) is 0 Å². The molecule has 86 valence electrons. The Morgan fingerprint density at radius 2 is 2.06 bits per heavy atom. The van der Waals surface area contributed by atoms with Crippen LogP contribution in [-0.4, -0.2) is 6.54 Å². The molecule has 0 bridgehead atoms. The molecule has 1 unspecified atom stereocenters. The van der Waals surface area contributed by atoms with Crippen LogP contribution in [0.15, 0.2) is 18.2 Å². The van der Waals surface area contributed by atoms with Crippen molar-refractivity contribution in [3.8, 4) is 0 Å². The smallest absolute Gasteiger partial charge is 0.0389 e. The Labute approximate surface area is 101 Å². The molecule has 0 saturated heterocycles. The average molecular weight is 233 g/mol. The third kappa shape index (κ3) is 2.00. The Bertz CT molecular complexity index is 499. The lowest BCUT2D eigenvalue weighted by atomic mass is 10.1. The molecule has 1 atom stereocenters. The molecule has 16 heavy (non-hydrogen) atoms. The third-order valence-corrected chi connectivity index (χ3v) is 4.49. The third-order valence-electron chi connectivity index (χ3n) is 3.03. The molecule has 1 aromatic carbocycles. The lowest BCUT2D eigenvalue weighted by molar-refractivity contribution is 0.605. The van der Waals surface area contributed by atoms with Crippen LogP contribution in [0.3, 0.4) is 0 Å². The second-order valence-corrected chi connectivity index (χ2v) is 5.45. The van der Waals surface area contributed by atoms with Gasteiger partial charge in [0, 0.05) is 15.6 Å². The molecule has 2 aromatic rings. The van der Waals surface area contributed by atoms with Crippen molar-refractivity contribution >= 4 is 21.4 Å². The van der Waals surface area contributed by atoms with Gasteiger partial charge in [0.05, 0.1) is 0 Å². The summed E-state index contributed by atoms with van der Waals surface area (Å²) in [6, 6.07) is 7.19. The highest BCUT2D eigenvalue weighted by Crippen LogP contribution is 2.34. The van der Waals surface area contributed by atoms with Gasteiger partial charge in [-0.2, -0.15) is 0 Å². The molecule has 0 saturated carbocycles. The Hall–Kier alpha value is -0.860. The molecule has 1 heterocycles. The van der Waals surface area contributed by atoms with E-state index in [1.807, 2.05) is 11.3 Å². The Morgan fingerprint density at radius 1 is 1.31 bits per heavy atom. The highest BCUT2D eigenvalue weighted by atomic mass is 32.1. The fourth-order valence-corrected chi connectivity index (χ4v) is 3.38. The van der Waals surface area contributed by atoms with E-state index in [0.717, 1.165) is 6.54 Å². The van der Waals surface area contributed by atoms with E-state index in [1.165, 1.54) is 26.1 Å². The van der Waals surface area contributed by atoms with Crippen molar-refractivity contribution in [1.29, 1.82) is 0 Å². The van der Waals surface area contributed by atoms with Crippen molar-refractivity contribution in [2.24, 2.45) is 0 Å².